The molecule has 0 saturated heterocycles. The highest BCUT2D eigenvalue weighted by atomic mass is 127. The summed E-state index contributed by atoms with van der Waals surface area (Å²) in [5.74, 6) is -1.05. The summed E-state index contributed by atoms with van der Waals surface area (Å²) in [6, 6.07) is 4.66. The molecule has 0 aliphatic heterocycles. The minimum atomic E-state index is -0.483. The summed E-state index contributed by atoms with van der Waals surface area (Å²) < 4.78 is 13.6. The fourth-order valence-corrected chi connectivity index (χ4v) is 1.43. The molecular weight excluding hydrogens is 293 g/mol. The fourth-order valence-electron chi connectivity index (χ4n) is 0.791. The third-order valence-corrected chi connectivity index (χ3v) is 2.45. The predicted octanol–water partition coefficient (Wildman–Crippen LogP) is 2.85. The summed E-state index contributed by atoms with van der Waals surface area (Å²) >= 11 is 7.12. The van der Waals surface area contributed by atoms with Gasteiger partial charge in [0.2, 0.25) is 0 Å². The lowest BCUT2D eigenvalue weighted by atomic mass is 10.1. The number of carbonyl (C=O) groups excluding carboxylic acids is 1. The van der Waals surface area contributed by atoms with Crippen molar-refractivity contribution in [2.45, 2.75) is 0 Å². The molecule has 0 amide bonds. The van der Waals surface area contributed by atoms with E-state index < -0.39 is 5.82 Å². The largest absolute Gasteiger partial charge is 0.293 e. The molecule has 0 heterocycles. The summed E-state index contributed by atoms with van der Waals surface area (Å²) in [7, 11) is 0. The van der Waals surface area contributed by atoms with Gasteiger partial charge < -0.3 is 0 Å². The van der Waals surface area contributed by atoms with Gasteiger partial charge in [-0.25, -0.2) is 4.39 Å². The van der Waals surface area contributed by atoms with E-state index in [0.717, 1.165) is 0 Å². The van der Waals surface area contributed by atoms with E-state index in [1.165, 1.54) is 6.07 Å². The van der Waals surface area contributed by atoms with Crippen molar-refractivity contribution in [3.63, 3.8) is 0 Å². The smallest absolute Gasteiger partial charge is 0.180 e. The molecule has 0 fully saturated rings. The van der Waals surface area contributed by atoms with Gasteiger partial charge in [0.1, 0.15) is 5.82 Å². The van der Waals surface area contributed by atoms with Gasteiger partial charge in [0.15, 0.2) is 5.78 Å². The number of Topliss-reactive ketones (excluding diaryl/α,β-unsaturated/α-hetero) is 1. The number of ketones is 1. The lowest BCUT2D eigenvalue weighted by Gasteiger charge is -2.00. The predicted molar refractivity (Wildman–Crippen MR) is 54.2 cm³/mol. The summed E-state index contributed by atoms with van der Waals surface area (Å²) in [6.45, 7) is 0. The molecule has 0 N–H and O–H groups in total. The molecule has 0 radical (unpaired) electrons. The van der Waals surface area contributed by atoms with Gasteiger partial charge in [-0.2, -0.15) is 0 Å². The van der Waals surface area contributed by atoms with Crippen LogP contribution in [-0.4, -0.2) is 11.7 Å². The lowest BCUT2D eigenvalue weighted by molar-refractivity contribution is 0.101. The minimum absolute atomic E-state index is 0.0666. The third-order valence-electron chi connectivity index (χ3n) is 1.37. The normalized spacial score (nSPS) is 9.92. The van der Waals surface area contributed by atoms with Gasteiger partial charge in [-0.3, -0.25) is 4.79 Å². The summed E-state index contributed by atoms with van der Waals surface area (Å²) in [6.07, 6.45) is 0. The lowest BCUT2D eigenvalue weighted by Crippen LogP contribution is -2.04. The number of halogens is 3. The number of hydrogen-bond donors (Lipinski definition) is 0. The average molecular weight is 298 g/mol. The number of hydrogen-bond acceptors (Lipinski definition) is 1. The van der Waals surface area contributed by atoms with Gasteiger partial charge in [0.25, 0.3) is 0 Å². The molecule has 0 atom stereocenters. The maximum atomic E-state index is 13.2. The summed E-state index contributed by atoms with van der Waals surface area (Å²) in [5, 5.41) is 0. The van der Waals surface area contributed by atoms with Crippen LogP contribution in [0, 0.1) is 9.39 Å². The zero-order chi connectivity index (χ0) is 9.14. The Kier molecular flexibility index (Phi) is 3.46. The van der Waals surface area contributed by atoms with E-state index in [0.29, 0.717) is 3.57 Å². The molecule has 1 aromatic carbocycles. The second-order valence-electron chi connectivity index (χ2n) is 2.16. The SMILES string of the molecule is O=C(CCl)c1cccc(I)c1F. The molecule has 0 aliphatic carbocycles. The first-order chi connectivity index (χ1) is 5.66. The Bertz CT molecular complexity index is 314. The quantitative estimate of drug-likeness (QED) is 0.466. The second kappa shape index (κ2) is 4.18. The molecular formula is C8H5ClFIO. The van der Waals surface area contributed by atoms with Crippen LogP contribution in [-0.2, 0) is 0 Å². The Morgan fingerprint density at radius 2 is 2.25 bits per heavy atom. The summed E-state index contributed by atoms with van der Waals surface area (Å²) in [4.78, 5) is 11.0. The number of alkyl halides is 1. The summed E-state index contributed by atoms with van der Waals surface area (Å²) in [5.41, 5.74) is 0.0666. The van der Waals surface area contributed by atoms with E-state index in [4.69, 9.17) is 11.6 Å². The van der Waals surface area contributed by atoms with Crippen molar-refractivity contribution < 1.29 is 9.18 Å². The molecule has 12 heavy (non-hydrogen) atoms. The van der Waals surface area contributed by atoms with E-state index >= 15 is 0 Å². The van der Waals surface area contributed by atoms with Gasteiger partial charge in [0.05, 0.1) is 11.4 Å². The molecule has 1 rings (SSSR count). The van der Waals surface area contributed by atoms with Crippen LogP contribution in [0.25, 0.3) is 0 Å². The van der Waals surface area contributed by atoms with Crippen molar-refractivity contribution in [2.24, 2.45) is 0 Å². The van der Waals surface area contributed by atoms with E-state index in [-0.39, 0.29) is 17.2 Å². The number of benzene rings is 1. The third kappa shape index (κ3) is 1.95. The highest BCUT2D eigenvalue weighted by Gasteiger charge is 2.11. The monoisotopic (exact) mass is 298 g/mol. The van der Waals surface area contributed by atoms with Gasteiger partial charge >= 0.3 is 0 Å². The number of rotatable bonds is 2. The van der Waals surface area contributed by atoms with Crippen molar-refractivity contribution >= 4 is 40.0 Å². The molecule has 64 valence electrons. The van der Waals surface area contributed by atoms with Crippen LogP contribution < -0.4 is 0 Å². The molecule has 4 heteroatoms. The zero-order valence-electron chi connectivity index (χ0n) is 5.98. The van der Waals surface area contributed by atoms with Crippen molar-refractivity contribution in [3.05, 3.63) is 33.1 Å². The van der Waals surface area contributed by atoms with E-state index in [1.807, 2.05) is 22.6 Å². The molecule has 1 aromatic rings. The number of carbonyl (C=O) groups is 1. The van der Waals surface area contributed by atoms with Crippen molar-refractivity contribution in [2.75, 3.05) is 5.88 Å². The molecule has 0 aromatic heterocycles. The van der Waals surface area contributed by atoms with Gasteiger partial charge in [-0.1, -0.05) is 6.07 Å². The fraction of sp³-hybridized carbons (Fsp3) is 0.125. The topological polar surface area (TPSA) is 17.1 Å². The highest BCUT2D eigenvalue weighted by molar-refractivity contribution is 14.1. The van der Waals surface area contributed by atoms with Gasteiger partial charge in [-0.15, -0.1) is 11.6 Å². The zero-order valence-corrected chi connectivity index (χ0v) is 8.89. The molecule has 0 saturated carbocycles. The Morgan fingerprint density at radius 1 is 1.58 bits per heavy atom. The Balaban J connectivity index is 3.16. The van der Waals surface area contributed by atoms with Crippen molar-refractivity contribution in [1.82, 2.24) is 0 Å². The van der Waals surface area contributed by atoms with Crippen LogP contribution in [0.1, 0.15) is 10.4 Å². The standard InChI is InChI=1S/C8H5ClFIO/c9-4-7(12)5-2-1-3-6(11)8(5)10/h1-3H,4H2. The maximum absolute atomic E-state index is 13.2. The van der Waals surface area contributed by atoms with Gasteiger partial charge in [-0.05, 0) is 34.7 Å². The molecule has 0 unspecified atom stereocenters. The van der Waals surface area contributed by atoms with Crippen molar-refractivity contribution in [3.8, 4) is 0 Å². The van der Waals surface area contributed by atoms with Crippen LogP contribution in [0.5, 0.6) is 0 Å². The van der Waals surface area contributed by atoms with Gasteiger partial charge in [0, 0.05) is 3.57 Å². The maximum Gasteiger partial charge on any atom is 0.180 e. The molecule has 0 aliphatic rings. The van der Waals surface area contributed by atoms with Crippen LogP contribution in [0.2, 0.25) is 0 Å². The first kappa shape index (κ1) is 9.92. The second-order valence-corrected chi connectivity index (χ2v) is 3.59. The Labute approximate surface area is 88.1 Å². The van der Waals surface area contributed by atoms with Crippen LogP contribution in [0.15, 0.2) is 18.2 Å². The van der Waals surface area contributed by atoms with Crippen molar-refractivity contribution in [1.29, 1.82) is 0 Å². The van der Waals surface area contributed by atoms with Crippen LogP contribution >= 0.6 is 34.2 Å². The average Bonchev–Trinajstić information content (AvgIpc) is 2.08. The molecule has 0 spiro atoms. The van der Waals surface area contributed by atoms with E-state index in [9.17, 15) is 9.18 Å². The minimum Gasteiger partial charge on any atom is -0.293 e. The molecule has 1 nitrogen and oxygen atoms in total. The van der Waals surface area contributed by atoms with E-state index in [1.54, 1.807) is 12.1 Å². The van der Waals surface area contributed by atoms with Crippen LogP contribution in [0.4, 0.5) is 4.39 Å². The van der Waals surface area contributed by atoms with Crippen LogP contribution in [0.3, 0.4) is 0 Å². The van der Waals surface area contributed by atoms with E-state index in [2.05, 4.69) is 0 Å². The Hall–Kier alpha value is -0.160. The first-order valence-electron chi connectivity index (χ1n) is 3.20. The highest BCUT2D eigenvalue weighted by Crippen LogP contribution is 2.15. The first-order valence-corrected chi connectivity index (χ1v) is 4.81. The Morgan fingerprint density at radius 3 is 2.83 bits per heavy atom. The molecule has 0 bridgehead atoms.